The van der Waals surface area contributed by atoms with Gasteiger partial charge >= 0.3 is 0 Å². The number of halogens is 1. The number of carbonyl (C=O) groups is 2. The SMILES string of the molecule is CCC(C(=O)Cl)N1CCCC1=O. The van der Waals surface area contributed by atoms with E-state index in [1.165, 1.54) is 0 Å². The molecule has 1 aliphatic heterocycles. The fourth-order valence-corrected chi connectivity index (χ4v) is 1.77. The molecule has 1 rings (SSSR count). The van der Waals surface area contributed by atoms with Gasteiger partial charge in [-0.3, -0.25) is 9.59 Å². The van der Waals surface area contributed by atoms with Crippen molar-refractivity contribution in [1.82, 2.24) is 4.90 Å². The summed E-state index contributed by atoms with van der Waals surface area (Å²) in [5.74, 6) is 0.0517. The third-order valence-corrected chi connectivity index (χ3v) is 2.39. The van der Waals surface area contributed by atoms with Crippen LogP contribution in [0.15, 0.2) is 0 Å². The molecule has 1 unspecified atom stereocenters. The Hall–Kier alpha value is -0.570. The summed E-state index contributed by atoms with van der Waals surface area (Å²) >= 11 is 5.36. The summed E-state index contributed by atoms with van der Waals surface area (Å²) in [5, 5.41) is -0.423. The minimum atomic E-state index is -0.423. The molecule has 0 aromatic heterocycles. The monoisotopic (exact) mass is 189 g/mol. The molecule has 0 bridgehead atoms. The zero-order chi connectivity index (χ0) is 9.14. The van der Waals surface area contributed by atoms with Crippen LogP contribution in [0.25, 0.3) is 0 Å². The molecule has 1 fully saturated rings. The van der Waals surface area contributed by atoms with Crippen molar-refractivity contribution in [3.63, 3.8) is 0 Å². The third-order valence-electron chi connectivity index (χ3n) is 2.13. The Morgan fingerprint density at radius 2 is 2.42 bits per heavy atom. The van der Waals surface area contributed by atoms with Gasteiger partial charge in [-0.05, 0) is 24.4 Å². The fourth-order valence-electron chi connectivity index (χ4n) is 1.50. The van der Waals surface area contributed by atoms with Crippen LogP contribution in [0.3, 0.4) is 0 Å². The average molecular weight is 190 g/mol. The first-order valence-electron chi connectivity index (χ1n) is 4.15. The Bertz CT molecular complexity index is 205. The van der Waals surface area contributed by atoms with Gasteiger partial charge in [0.25, 0.3) is 0 Å². The second-order valence-corrected chi connectivity index (χ2v) is 3.29. The second-order valence-electron chi connectivity index (χ2n) is 2.92. The molecule has 0 N–H and O–H groups in total. The van der Waals surface area contributed by atoms with Gasteiger partial charge in [0.2, 0.25) is 11.1 Å². The molecule has 0 aromatic carbocycles. The first-order valence-corrected chi connectivity index (χ1v) is 4.53. The summed E-state index contributed by atoms with van der Waals surface area (Å²) in [6.07, 6.45) is 2.01. The average Bonchev–Trinajstić information content (AvgIpc) is 2.38. The van der Waals surface area contributed by atoms with Crippen molar-refractivity contribution in [2.75, 3.05) is 6.54 Å². The van der Waals surface area contributed by atoms with Crippen LogP contribution >= 0.6 is 11.6 Å². The number of nitrogens with zero attached hydrogens (tertiary/aromatic N) is 1. The van der Waals surface area contributed by atoms with Gasteiger partial charge in [0.15, 0.2) is 0 Å². The highest BCUT2D eigenvalue weighted by atomic mass is 35.5. The van der Waals surface area contributed by atoms with Crippen molar-refractivity contribution < 1.29 is 9.59 Å². The maximum absolute atomic E-state index is 11.2. The van der Waals surface area contributed by atoms with Gasteiger partial charge in [0.05, 0.1) is 0 Å². The van der Waals surface area contributed by atoms with Crippen LogP contribution in [0.5, 0.6) is 0 Å². The smallest absolute Gasteiger partial charge is 0.244 e. The summed E-state index contributed by atoms with van der Waals surface area (Å²) in [4.78, 5) is 23.7. The largest absolute Gasteiger partial charge is 0.331 e. The number of rotatable bonds is 3. The lowest BCUT2D eigenvalue weighted by Gasteiger charge is -2.22. The Labute approximate surface area is 76.7 Å². The molecule has 1 amide bonds. The highest BCUT2D eigenvalue weighted by Gasteiger charge is 2.30. The molecular weight excluding hydrogens is 178 g/mol. The number of carbonyl (C=O) groups excluding carboxylic acids is 2. The van der Waals surface area contributed by atoms with E-state index in [1.807, 2.05) is 6.92 Å². The quantitative estimate of drug-likeness (QED) is 0.625. The van der Waals surface area contributed by atoms with E-state index in [2.05, 4.69) is 0 Å². The summed E-state index contributed by atoms with van der Waals surface area (Å²) in [6, 6.07) is -0.401. The predicted molar refractivity (Wildman–Crippen MR) is 45.9 cm³/mol. The normalized spacial score (nSPS) is 19.8. The Balaban J connectivity index is 2.65. The number of hydrogen-bond donors (Lipinski definition) is 0. The van der Waals surface area contributed by atoms with Crippen LogP contribution in [0, 0.1) is 0 Å². The van der Waals surface area contributed by atoms with Crippen molar-refractivity contribution in [2.24, 2.45) is 0 Å². The summed E-state index contributed by atoms with van der Waals surface area (Å²) < 4.78 is 0. The van der Waals surface area contributed by atoms with E-state index in [0.29, 0.717) is 19.4 Å². The van der Waals surface area contributed by atoms with Crippen molar-refractivity contribution in [1.29, 1.82) is 0 Å². The molecule has 1 atom stereocenters. The summed E-state index contributed by atoms with van der Waals surface area (Å²) in [5.41, 5.74) is 0. The van der Waals surface area contributed by atoms with Gasteiger partial charge < -0.3 is 4.90 Å². The van der Waals surface area contributed by atoms with E-state index in [-0.39, 0.29) is 5.91 Å². The lowest BCUT2D eigenvalue weighted by atomic mass is 10.2. The van der Waals surface area contributed by atoms with E-state index < -0.39 is 11.3 Å². The van der Waals surface area contributed by atoms with E-state index in [0.717, 1.165) is 6.42 Å². The van der Waals surface area contributed by atoms with E-state index in [1.54, 1.807) is 4.90 Å². The first kappa shape index (κ1) is 9.52. The molecule has 4 heteroatoms. The fraction of sp³-hybridized carbons (Fsp3) is 0.750. The molecule has 68 valence electrons. The summed E-state index contributed by atoms with van der Waals surface area (Å²) in [7, 11) is 0. The van der Waals surface area contributed by atoms with Gasteiger partial charge in [-0.25, -0.2) is 0 Å². The van der Waals surface area contributed by atoms with Crippen molar-refractivity contribution in [3.8, 4) is 0 Å². The molecule has 0 aliphatic carbocycles. The Morgan fingerprint density at radius 1 is 1.75 bits per heavy atom. The molecule has 12 heavy (non-hydrogen) atoms. The predicted octanol–water partition coefficient (Wildman–Crippen LogP) is 1.15. The zero-order valence-electron chi connectivity index (χ0n) is 7.05. The Kier molecular flexibility index (Phi) is 3.09. The van der Waals surface area contributed by atoms with Gasteiger partial charge in [-0.2, -0.15) is 0 Å². The number of hydrogen-bond acceptors (Lipinski definition) is 2. The third kappa shape index (κ3) is 1.78. The zero-order valence-corrected chi connectivity index (χ0v) is 7.80. The van der Waals surface area contributed by atoms with Gasteiger partial charge in [-0.1, -0.05) is 6.92 Å². The topological polar surface area (TPSA) is 37.4 Å². The standard InChI is InChI=1S/C8H12ClNO2/c1-2-6(8(9)12)10-5-3-4-7(10)11/h6H,2-5H2,1H3. The maximum atomic E-state index is 11.2. The number of likely N-dealkylation sites (tertiary alicyclic amines) is 1. The lowest BCUT2D eigenvalue weighted by molar-refractivity contribution is -0.133. The van der Waals surface area contributed by atoms with Crippen molar-refractivity contribution >= 4 is 22.8 Å². The minimum absolute atomic E-state index is 0.0517. The highest BCUT2D eigenvalue weighted by molar-refractivity contribution is 6.64. The van der Waals surface area contributed by atoms with Crippen LogP contribution in [0.1, 0.15) is 26.2 Å². The van der Waals surface area contributed by atoms with E-state index in [4.69, 9.17) is 11.6 Å². The van der Waals surface area contributed by atoms with E-state index >= 15 is 0 Å². The van der Waals surface area contributed by atoms with Crippen LogP contribution < -0.4 is 0 Å². The lowest BCUT2D eigenvalue weighted by Crippen LogP contribution is -2.39. The highest BCUT2D eigenvalue weighted by Crippen LogP contribution is 2.17. The van der Waals surface area contributed by atoms with Gasteiger partial charge in [-0.15, -0.1) is 0 Å². The van der Waals surface area contributed by atoms with Crippen molar-refractivity contribution in [2.45, 2.75) is 32.2 Å². The molecule has 0 aromatic rings. The first-order chi connectivity index (χ1) is 5.66. The molecule has 0 spiro atoms. The molecule has 3 nitrogen and oxygen atoms in total. The molecule has 1 aliphatic rings. The van der Waals surface area contributed by atoms with E-state index in [9.17, 15) is 9.59 Å². The van der Waals surface area contributed by atoms with Gasteiger partial charge in [0.1, 0.15) is 6.04 Å². The Morgan fingerprint density at radius 3 is 2.75 bits per heavy atom. The van der Waals surface area contributed by atoms with Crippen LogP contribution in [-0.4, -0.2) is 28.6 Å². The van der Waals surface area contributed by atoms with Crippen LogP contribution in [-0.2, 0) is 9.59 Å². The molecule has 0 saturated carbocycles. The van der Waals surface area contributed by atoms with Crippen molar-refractivity contribution in [3.05, 3.63) is 0 Å². The molecular formula is C8H12ClNO2. The maximum Gasteiger partial charge on any atom is 0.244 e. The van der Waals surface area contributed by atoms with Crippen LogP contribution in [0.4, 0.5) is 0 Å². The molecule has 1 heterocycles. The van der Waals surface area contributed by atoms with Crippen LogP contribution in [0.2, 0.25) is 0 Å². The molecule has 1 saturated heterocycles. The minimum Gasteiger partial charge on any atom is -0.331 e. The molecule has 0 radical (unpaired) electrons. The number of amides is 1. The summed E-state index contributed by atoms with van der Waals surface area (Å²) in [6.45, 7) is 2.53. The van der Waals surface area contributed by atoms with Gasteiger partial charge in [0, 0.05) is 13.0 Å². The second kappa shape index (κ2) is 3.90.